The number of nitrogens with zero attached hydrogens (tertiary/aromatic N) is 2. The molecule has 3 amide bonds. The highest BCUT2D eigenvalue weighted by Gasteiger charge is 2.40. The smallest absolute Gasteiger partial charge is 0.255 e. The molecule has 0 bridgehead atoms. The van der Waals surface area contributed by atoms with Gasteiger partial charge in [0.25, 0.3) is 5.91 Å². The van der Waals surface area contributed by atoms with Gasteiger partial charge in [0.05, 0.1) is 0 Å². The first-order valence-electron chi connectivity index (χ1n) is 9.76. The maximum atomic E-state index is 14.0. The number of rotatable bonds is 5. The number of amides is 3. The van der Waals surface area contributed by atoms with Crippen LogP contribution in [0.15, 0.2) is 18.2 Å². The van der Waals surface area contributed by atoms with Crippen LogP contribution in [0, 0.1) is 0 Å². The summed E-state index contributed by atoms with van der Waals surface area (Å²) in [6.07, 6.45) is 0.220. The highest BCUT2D eigenvalue weighted by molar-refractivity contribution is 6.05. The van der Waals surface area contributed by atoms with E-state index in [0.717, 1.165) is 11.1 Å². The van der Waals surface area contributed by atoms with Gasteiger partial charge in [-0.15, -0.1) is 0 Å². The molecule has 1 aromatic carbocycles. The van der Waals surface area contributed by atoms with Crippen LogP contribution in [0.2, 0.25) is 0 Å². The first-order valence-corrected chi connectivity index (χ1v) is 9.76. The summed E-state index contributed by atoms with van der Waals surface area (Å²) in [5.41, 5.74) is 2.37. The standard InChI is InChI=1S/C20H25FN4O3/c1-22-8-15-7-14(21)11-24(15)9-12-3-2-4-13-10-25(20(28)18(12)13)16-5-6-17(26)23-19(16)27/h2-4,14-16,22H,5-11H2,1H3,(H,23,26,27)/t14-,15-,16?/m0/s1. The number of piperidine rings is 1. The zero-order valence-corrected chi connectivity index (χ0v) is 15.9. The van der Waals surface area contributed by atoms with Crippen LogP contribution in [0.1, 0.15) is 40.7 Å². The Morgan fingerprint density at radius 1 is 1.29 bits per heavy atom. The van der Waals surface area contributed by atoms with Gasteiger partial charge >= 0.3 is 0 Å². The fourth-order valence-electron chi connectivity index (χ4n) is 4.60. The van der Waals surface area contributed by atoms with E-state index in [1.165, 1.54) is 0 Å². The number of hydrogen-bond donors (Lipinski definition) is 2. The molecule has 4 rings (SSSR count). The third-order valence-electron chi connectivity index (χ3n) is 5.93. The predicted molar refractivity (Wildman–Crippen MR) is 100 cm³/mol. The zero-order valence-electron chi connectivity index (χ0n) is 15.9. The summed E-state index contributed by atoms with van der Waals surface area (Å²) in [6, 6.07) is 5.19. The molecule has 2 N–H and O–H groups in total. The molecule has 2 saturated heterocycles. The number of carbonyl (C=O) groups excluding carboxylic acids is 3. The first kappa shape index (κ1) is 19.0. The molecule has 28 heavy (non-hydrogen) atoms. The van der Waals surface area contributed by atoms with Gasteiger partial charge in [0.1, 0.15) is 12.2 Å². The first-order chi connectivity index (χ1) is 13.5. The summed E-state index contributed by atoms with van der Waals surface area (Å²) in [7, 11) is 1.85. The lowest BCUT2D eigenvalue weighted by Gasteiger charge is -2.29. The molecule has 3 atom stereocenters. The van der Waals surface area contributed by atoms with E-state index >= 15 is 0 Å². The van der Waals surface area contributed by atoms with Gasteiger partial charge in [-0.05, 0) is 31.0 Å². The molecule has 3 heterocycles. The Labute approximate surface area is 163 Å². The number of likely N-dealkylation sites (tertiary alicyclic amines) is 1. The lowest BCUT2D eigenvalue weighted by molar-refractivity contribution is -0.136. The molecule has 3 aliphatic rings. The van der Waals surface area contributed by atoms with E-state index in [1.54, 1.807) is 4.90 Å². The molecule has 0 spiro atoms. The molecule has 0 saturated carbocycles. The Balaban J connectivity index is 1.55. The van der Waals surface area contributed by atoms with E-state index in [-0.39, 0.29) is 24.3 Å². The van der Waals surface area contributed by atoms with Crippen LogP contribution < -0.4 is 10.6 Å². The molecule has 0 aliphatic carbocycles. The summed E-state index contributed by atoms with van der Waals surface area (Å²) < 4.78 is 14.0. The monoisotopic (exact) mass is 388 g/mol. The van der Waals surface area contributed by atoms with Crippen LogP contribution in [0.4, 0.5) is 4.39 Å². The maximum Gasteiger partial charge on any atom is 0.255 e. The highest BCUT2D eigenvalue weighted by atomic mass is 19.1. The third-order valence-corrected chi connectivity index (χ3v) is 5.93. The van der Waals surface area contributed by atoms with Crippen molar-refractivity contribution in [2.24, 2.45) is 0 Å². The normalized spacial score (nSPS) is 28.0. The van der Waals surface area contributed by atoms with Crippen molar-refractivity contribution in [3.63, 3.8) is 0 Å². The number of benzene rings is 1. The molecule has 150 valence electrons. The molecule has 7 nitrogen and oxygen atoms in total. The van der Waals surface area contributed by atoms with Gasteiger partial charge in [-0.3, -0.25) is 24.6 Å². The molecular formula is C20H25FN4O3. The van der Waals surface area contributed by atoms with Gasteiger partial charge in [-0.1, -0.05) is 18.2 Å². The van der Waals surface area contributed by atoms with E-state index in [1.807, 2.05) is 25.2 Å². The lowest BCUT2D eigenvalue weighted by Crippen LogP contribution is -2.52. The van der Waals surface area contributed by atoms with Crippen molar-refractivity contribution in [1.82, 2.24) is 20.4 Å². The van der Waals surface area contributed by atoms with Crippen molar-refractivity contribution in [2.75, 3.05) is 20.1 Å². The molecule has 0 radical (unpaired) electrons. The minimum atomic E-state index is -0.856. The summed E-state index contributed by atoms with van der Waals surface area (Å²) in [4.78, 5) is 40.4. The topological polar surface area (TPSA) is 81.8 Å². The number of halogens is 1. The Kier molecular flexibility index (Phi) is 5.16. The average molecular weight is 388 g/mol. The van der Waals surface area contributed by atoms with E-state index in [9.17, 15) is 18.8 Å². The molecule has 1 aromatic rings. The van der Waals surface area contributed by atoms with Gasteiger partial charge in [0.2, 0.25) is 11.8 Å². The maximum absolute atomic E-state index is 14.0. The second-order valence-electron chi connectivity index (χ2n) is 7.83. The Hall–Kier alpha value is -2.32. The van der Waals surface area contributed by atoms with Crippen LogP contribution in [-0.4, -0.2) is 65.9 Å². The molecule has 3 aliphatic heterocycles. The van der Waals surface area contributed by atoms with Crippen LogP contribution in [0.3, 0.4) is 0 Å². The second kappa shape index (κ2) is 7.60. The van der Waals surface area contributed by atoms with Gasteiger partial charge in [-0.2, -0.15) is 0 Å². The molecule has 2 fully saturated rings. The largest absolute Gasteiger partial charge is 0.322 e. The highest BCUT2D eigenvalue weighted by Crippen LogP contribution is 2.32. The summed E-state index contributed by atoms with van der Waals surface area (Å²) in [5.74, 6) is -0.884. The SMILES string of the molecule is CNC[C@@H]1C[C@H](F)CN1Cc1cccc2c1C(=O)N(C1CCC(=O)NC1=O)C2. The average Bonchev–Trinajstić information content (AvgIpc) is 3.16. The predicted octanol–water partition coefficient (Wildman–Crippen LogP) is 0.579. The van der Waals surface area contributed by atoms with Crippen molar-refractivity contribution in [3.05, 3.63) is 34.9 Å². The van der Waals surface area contributed by atoms with E-state index in [2.05, 4.69) is 15.5 Å². The van der Waals surface area contributed by atoms with Crippen molar-refractivity contribution in [2.45, 2.75) is 50.6 Å². The molecule has 1 unspecified atom stereocenters. The number of alkyl halides is 1. The molecular weight excluding hydrogens is 363 g/mol. The fourth-order valence-corrected chi connectivity index (χ4v) is 4.60. The van der Waals surface area contributed by atoms with Gasteiger partial charge in [-0.25, -0.2) is 4.39 Å². The second-order valence-corrected chi connectivity index (χ2v) is 7.83. The zero-order chi connectivity index (χ0) is 19.8. The Morgan fingerprint density at radius 3 is 2.86 bits per heavy atom. The van der Waals surface area contributed by atoms with Crippen LogP contribution in [0.25, 0.3) is 0 Å². The summed E-state index contributed by atoms with van der Waals surface area (Å²) >= 11 is 0. The summed E-state index contributed by atoms with van der Waals surface area (Å²) in [5, 5.41) is 5.43. The number of likely N-dealkylation sites (N-methyl/N-ethyl adjacent to an activating group) is 1. The summed E-state index contributed by atoms with van der Waals surface area (Å²) in [6.45, 7) is 1.93. The van der Waals surface area contributed by atoms with E-state index in [0.29, 0.717) is 44.6 Å². The van der Waals surface area contributed by atoms with Crippen LogP contribution >= 0.6 is 0 Å². The van der Waals surface area contributed by atoms with Crippen molar-refractivity contribution < 1.29 is 18.8 Å². The fraction of sp³-hybridized carbons (Fsp3) is 0.550. The van der Waals surface area contributed by atoms with Gasteiger partial charge < -0.3 is 10.2 Å². The van der Waals surface area contributed by atoms with Crippen LogP contribution in [-0.2, 0) is 22.7 Å². The number of imide groups is 1. The van der Waals surface area contributed by atoms with E-state index in [4.69, 9.17) is 0 Å². The van der Waals surface area contributed by atoms with Gasteiger partial charge in [0, 0.05) is 44.2 Å². The molecule has 8 heteroatoms. The minimum Gasteiger partial charge on any atom is -0.322 e. The number of nitrogens with one attached hydrogen (secondary N) is 2. The number of hydrogen-bond acceptors (Lipinski definition) is 5. The number of carbonyl (C=O) groups is 3. The quantitative estimate of drug-likeness (QED) is 0.722. The number of fused-ring (bicyclic) bond motifs is 1. The molecule has 0 aromatic heterocycles. The van der Waals surface area contributed by atoms with Crippen molar-refractivity contribution >= 4 is 17.7 Å². The lowest BCUT2D eigenvalue weighted by atomic mass is 10.0. The third kappa shape index (κ3) is 3.42. The Morgan fingerprint density at radius 2 is 2.11 bits per heavy atom. The Bertz CT molecular complexity index is 815. The van der Waals surface area contributed by atoms with Crippen molar-refractivity contribution in [1.29, 1.82) is 0 Å². The van der Waals surface area contributed by atoms with Crippen LogP contribution in [0.5, 0.6) is 0 Å². The van der Waals surface area contributed by atoms with Gasteiger partial charge in [0.15, 0.2) is 0 Å². The minimum absolute atomic E-state index is 0.0959. The van der Waals surface area contributed by atoms with Crippen molar-refractivity contribution in [3.8, 4) is 0 Å². The van der Waals surface area contributed by atoms with E-state index < -0.39 is 18.1 Å².